The molecule has 0 saturated heterocycles. The number of ether oxygens (including phenoxy) is 3. The smallest absolute Gasteiger partial charge is 0.306 e. The van der Waals surface area contributed by atoms with Gasteiger partial charge in [-0.1, -0.05) is 214 Å². The molecule has 0 aliphatic carbocycles. The van der Waals surface area contributed by atoms with Crippen LogP contribution in [0.15, 0.2) is 0 Å². The van der Waals surface area contributed by atoms with Gasteiger partial charge in [0.15, 0.2) is 6.10 Å². The first kappa shape index (κ1) is 50.4. The van der Waals surface area contributed by atoms with Gasteiger partial charge in [-0.05, 0) is 25.2 Å². The average molecular weight is 737 g/mol. The molecule has 0 radical (unpaired) electrons. The highest BCUT2D eigenvalue weighted by molar-refractivity contribution is 5.71. The maximum Gasteiger partial charge on any atom is 0.306 e. The van der Waals surface area contributed by atoms with Gasteiger partial charge in [0.2, 0.25) is 0 Å². The van der Waals surface area contributed by atoms with Gasteiger partial charge in [-0.15, -0.1) is 0 Å². The highest BCUT2D eigenvalue weighted by Gasteiger charge is 2.19. The van der Waals surface area contributed by atoms with Crippen LogP contribution in [0.2, 0.25) is 0 Å². The molecule has 0 spiro atoms. The van der Waals surface area contributed by atoms with Crippen LogP contribution in [0.1, 0.15) is 252 Å². The van der Waals surface area contributed by atoms with E-state index < -0.39 is 6.10 Å². The van der Waals surface area contributed by atoms with Crippen molar-refractivity contribution in [1.82, 2.24) is 0 Å². The summed E-state index contributed by atoms with van der Waals surface area (Å²) < 4.78 is 16.5. The summed E-state index contributed by atoms with van der Waals surface area (Å²) in [5.41, 5.74) is 0. The summed E-state index contributed by atoms with van der Waals surface area (Å²) in [5.74, 6) is 0.0333. The summed E-state index contributed by atoms with van der Waals surface area (Å²) in [4.78, 5) is 37.3. The van der Waals surface area contributed by atoms with E-state index in [4.69, 9.17) is 14.2 Å². The summed E-state index contributed by atoms with van der Waals surface area (Å²) in [7, 11) is 0. The molecule has 0 aliphatic heterocycles. The van der Waals surface area contributed by atoms with Gasteiger partial charge in [-0.25, -0.2) is 0 Å². The lowest BCUT2D eigenvalue weighted by molar-refractivity contribution is -0.167. The topological polar surface area (TPSA) is 78.9 Å². The molecule has 0 bridgehead atoms. The maximum absolute atomic E-state index is 12.6. The van der Waals surface area contributed by atoms with Gasteiger partial charge in [0.1, 0.15) is 13.2 Å². The van der Waals surface area contributed by atoms with Gasteiger partial charge in [-0.2, -0.15) is 0 Å². The Bertz CT molecular complexity index is 783. The highest BCUT2D eigenvalue weighted by Crippen LogP contribution is 2.17. The summed E-state index contributed by atoms with van der Waals surface area (Å²) in [5, 5.41) is 0. The van der Waals surface area contributed by atoms with Gasteiger partial charge in [0.25, 0.3) is 0 Å². The molecule has 0 rings (SSSR count). The summed E-state index contributed by atoms with van der Waals surface area (Å²) in [6.45, 7) is 8.93. The SMILES string of the molecule is CCCCCCCCCC(=O)OC[C@H](COC(=O)CCCCCCC)OC(=O)CCCCCCCCCCCCCCCCCCCCC(C)CC. The number of unbranched alkanes of at least 4 members (excludes halogenated alkanes) is 27. The van der Waals surface area contributed by atoms with Crippen LogP contribution >= 0.6 is 0 Å². The lowest BCUT2D eigenvalue weighted by atomic mass is 9.99. The second kappa shape index (κ2) is 40.6. The minimum absolute atomic E-state index is 0.0658. The molecule has 0 fully saturated rings. The zero-order valence-corrected chi connectivity index (χ0v) is 35.3. The Kier molecular flexibility index (Phi) is 39.4. The van der Waals surface area contributed by atoms with Crippen molar-refractivity contribution in [3.8, 4) is 0 Å². The summed E-state index contributed by atoms with van der Waals surface area (Å²) >= 11 is 0. The Hall–Kier alpha value is -1.59. The van der Waals surface area contributed by atoms with Crippen molar-refractivity contribution < 1.29 is 28.6 Å². The molecule has 0 aromatic rings. The van der Waals surface area contributed by atoms with Crippen molar-refractivity contribution >= 4 is 17.9 Å². The third-order valence-corrected chi connectivity index (χ3v) is 10.7. The lowest BCUT2D eigenvalue weighted by Gasteiger charge is -2.18. The maximum atomic E-state index is 12.6. The summed E-state index contributed by atoms with van der Waals surface area (Å²) in [6.07, 6.45) is 39.9. The molecule has 6 heteroatoms. The molecule has 6 nitrogen and oxygen atoms in total. The Balaban J connectivity index is 4.00. The van der Waals surface area contributed by atoms with Gasteiger partial charge in [0.05, 0.1) is 0 Å². The molecule has 0 aliphatic rings. The van der Waals surface area contributed by atoms with E-state index in [2.05, 4.69) is 27.7 Å². The van der Waals surface area contributed by atoms with Crippen LogP contribution in [0.5, 0.6) is 0 Å². The van der Waals surface area contributed by atoms with Crippen molar-refractivity contribution in [3.63, 3.8) is 0 Å². The molecular formula is C46H88O6. The quantitative estimate of drug-likeness (QED) is 0.0353. The monoisotopic (exact) mass is 737 g/mol. The van der Waals surface area contributed by atoms with Crippen LogP contribution in [-0.4, -0.2) is 37.2 Å². The number of hydrogen-bond acceptors (Lipinski definition) is 6. The molecule has 2 atom stereocenters. The van der Waals surface area contributed by atoms with Crippen LogP contribution in [0, 0.1) is 5.92 Å². The fourth-order valence-electron chi connectivity index (χ4n) is 6.77. The predicted octanol–water partition coefficient (Wildman–Crippen LogP) is 14.3. The zero-order valence-electron chi connectivity index (χ0n) is 35.3. The van der Waals surface area contributed by atoms with E-state index in [0.29, 0.717) is 19.3 Å². The Morgan fingerprint density at radius 3 is 1.00 bits per heavy atom. The first-order valence-electron chi connectivity index (χ1n) is 22.9. The van der Waals surface area contributed by atoms with E-state index in [1.54, 1.807) is 0 Å². The molecule has 0 heterocycles. The van der Waals surface area contributed by atoms with Crippen molar-refractivity contribution in [3.05, 3.63) is 0 Å². The van der Waals surface area contributed by atoms with Crippen molar-refractivity contribution in [2.45, 2.75) is 259 Å². The standard InChI is InChI=1S/C46H88O6/c1-5-8-10-12-25-30-34-38-45(48)51-41-43(40-50-44(47)37-33-28-11-9-6-2)52-46(49)39-35-31-27-24-22-20-18-16-14-13-15-17-19-21-23-26-29-32-36-42(4)7-3/h42-43H,5-41H2,1-4H3/t42?,43-/m0/s1. The van der Waals surface area contributed by atoms with E-state index in [1.165, 1.54) is 141 Å². The second-order valence-corrected chi connectivity index (χ2v) is 15.9. The fraction of sp³-hybridized carbons (Fsp3) is 0.935. The third kappa shape index (κ3) is 38.1. The second-order valence-electron chi connectivity index (χ2n) is 15.9. The molecule has 52 heavy (non-hydrogen) atoms. The molecule has 0 aromatic heterocycles. The van der Waals surface area contributed by atoms with Crippen LogP contribution in [-0.2, 0) is 28.6 Å². The lowest BCUT2D eigenvalue weighted by Crippen LogP contribution is -2.30. The van der Waals surface area contributed by atoms with Crippen molar-refractivity contribution in [2.75, 3.05) is 13.2 Å². The van der Waals surface area contributed by atoms with Gasteiger partial charge in [0, 0.05) is 19.3 Å². The molecule has 0 aromatic carbocycles. The van der Waals surface area contributed by atoms with E-state index in [1.807, 2.05) is 0 Å². The minimum Gasteiger partial charge on any atom is -0.462 e. The first-order valence-corrected chi connectivity index (χ1v) is 22.9. The third-order valence-electron chi connectivity index (χ3n) is 10.7. The number of esters is 3. The number of carbonyl (C=O) groups is 3. The molecule has 308 valence electrons. The van der Waals surface area contributed by atoms with Crippen molar-refractivity contribution in [2.24, 2.45) is 5.92 Å². The van der Waals surface area contributed by atoms with E-state index in [-0.39, 0.29) is 31.1 Å². The van der Waals surface area contributed by atoms with E-state index in [0.717, 1.165) is 70.1 Å². The van der Waals surface area contributed by atoms with Gasteiger partial charge >= 0.3 is 17.9 Å². The Labute approximate surface area is 323 Å². The molecule has 0 N–H and O–H groups in total. The van der Waals surface area contributed by atoms with Crippen LogP contribution in [0.4, 0.5) is 0 Å². The largest absolute Gasteiger partial charge is 0.462 e. The van der Waals surface area contributed by atoms with Crippen LogP contribution in [0.3, 0.4) is 0 Å². The van der Waals surface area contributed by atoms with Crippen LogP contribution < -0.4 is 0 Å². The molecule has 0 saturated carbocycles. The Morgan fingerprint density at radius 2 is 0.673 bits per heavy atom. The average Bonchev–Trinajstić information content (AvgIpc) is 3.14. The molecule has 0 amide bonds. The first-order chi connectivity index (χ1) is 25.4. The highest BCUT2D eigenvalue weighted by atomic mass is 16.6. The minimum atomic E-state index is -0.756. The van der Waals surface area contributed by atoms with Gasteiger partial charge < -0.3 is 14.2 Å². The normalized spacial score (nSPS) is 12.5. The predicted molar refractivity (Wildman–Crippen MR) is 220 cm³/mol. The fourth-order valence-corrected chi connectivity index (χ4v) is 6.77. The van der Waals surface area contributed by atoms with Crippen molar-refractivity contribution in [1.29, 1.82) is 0 Å². The Morgan fingerprint density at radius 1 is 0.385 bits per heavy atom. The number of carbonyl (C=O) groups excluding carboxylic acids is 3. The molecule has 1 unspecified atom stereocenters. The molecular weight excluding hydrogens is 649 g/mol. The number of rotatable bonds is 41. The number of hydrogen-bond donors (Lipinski definition) is 0. The van der Waals surface area contributed by atoms with E-state index in [9.17, 15) is 14.4 Å². The van der Waals surface area contributed by atoms with E-state index >= 15 is 0 Å². The zero-order chi connectivity index (χ0) is 38.2. The van der Waals surface area contributed by atoms with Gasteiger partial charge in [-0.3, -0.25) is 14.4 Å². The van der Waals surface area contributed by atoms with Crippen LogP contribution in [0.25, 0.3) is 0 Å². The summed E-state index contributed by atoms with van der Waals surface area (Å²) in [6, 6.07) is 0.